The van der Waals surface area contributed by atoms with Crippen LogP contribution in [0.15, 0.2) is 22.7 Å². The van der Waals surface area contributed by atoms with E-state index in [0.29, 0.717) is 27.5 Å². The van der Waals surface area contributed by atoms with Crippen molar-refractivity contribution in [2.75, 3.05) is 23.4 Å². The molecule has 1 atom stereocenters. The molecule has 2 N–H and O–H groups in total. The number of benzene rings is 1. The molecule has 0 spiro atoms. The zero-order valence-corrected chi connectivity index (χ0v) is 13.5. The van der Waals surface area contributed by atoms with Crippen LogP contribution in [-0.2, 0) is 4.79 Å². The quantitative estimate of drug-likeness (QED) is 0.828. The van der Waals surface area contributed by atoms with Gasteiger partial charge in [-0.25, -0.2) is 9.59 Å². The molecule has 1 aliphatic rings. The summed E-state index contributed by atoms with van der Waals surface area (Å²) in [6.07, 6.45) is 0. The fraction of sp³-hybridized carbons (Fsp3) is 0.333. The van der Waals surface area contributed by atoms with Crippen LogP contribution in [0.2, 0.25) is 5.02 Å². The van der Waals surface area contributed by atoms with Gasteiger partial charge in [0.25, 0.3) is 0 Å². The van der Waals surface area contributed by atoms with Gasteiger partial charge in [-0.1, -0.05) is 11.6 Å². The molecule has 0 aromatic heterocycles. The molecule has 0 radical (unpaired) electrons. The summed E-state index contributed by atoms with van der Waals surface area (Å²) >= 11 is 10.7. The number of nitrogens with zero attached hydrogens (tertiary/aromatic N) is 1. The van der Waals surface area contributed by atoms with Gasteiger partial charge < -0.3 is 15.3 Å². The first-order valence-electron chi connectivity index (χ1n) is 5.82. The summed E-state index contributed by atoms with van der Waals surface area (Å²) in [5, 5.41) is 12.4. The third-order valence-corrected chi connectivity index (χ3v) is 5.08. The second-order valence-corrected chi connectivity index (χ2v) is 6.59. The Labute approximate surface area is 133 Å². The smallest absolute Gasteiger partial charge is 0.327 e. The number of carboxylic acid groups (broad SMARTS) is 1. The summed E-state index contributed by atoms with van der Waals surface area (Å²) < 4.78 is 0.668. The largest absolute Gasteiger partial charge is 0.480 e. The second-order valence-electron chi connectivity index (χ2n) is 4.18. The second kappa shape index (κ2) is 6.69. The third-order valence-electron chi connectivity index (χ3n) is 2.85. The van der Waals surface area contributed by atoms with E-state index >= 15 is 0 Å². The van der Waals surface area contributed by atoms with Gasteiger partial charge in [0.1, 0.15) is 6.04 Å². The van der Waals surface area contributed by atoms with Crippen molar-refractivity contribution in [1.29, 1.82) is 0 Å². The van der Waals surface area contributed by atoms with Crippen LogP contribution in [0, 0.1) is 0 Å². The van der Waals surface area contributed by atoms with Crippen LogP contribution < -0.4 is 5.32 Å². The number of hydrogen-bond donors (Lipinski definition) is 2. The van der Waals surface area contributed by atoms with Crippen molar-refractivity contribution < 1.29 is 14.7 Å². The van der Waals surface area contributed by atoms with Crippen molar-refractivity contribution >= 4 is 57.0 Å². The van der Waals surface area contributed by atoms with E-state index in [1.807, 2.05) is 0 Å². The van der Waals surface area contributed by atoms with Crippen molar-refractivity contribution in [1.82, 2.24) is 4.90 Å². The van der Waals surface area contributed by atoms with E-state index in [9.17, 15) is 9.59 Å². The number of urea groups is 1. The number of rotatable bonds is 2. The van der Waals surface area contributed by atoms with E-state index in [1.165, 1.54) is 16.7 Å². The summed E-state index contributed by atoms with van der Waals surface area (Å²) in [4.78, 5) is 24.7. The van der Waals surface area contributed by atoms with E-state index in [1.54, 1.807) is 18.2 Å². The highest BCUT2D eigenvalue weighted by molar-refractivity contribution is 9.10. The lowest BCUT2D eigenvalue weighted by Crippen LogP contribution is -2.51. The molecule has 0 aliphatic carbocycles. The van der Waals surface area contributed by atoms with Gasteiger partial charge in [0.2, 0.25) is 0 Å². The summed E-state index contributed by atoms with van der Waals surface area (Å²) in [6, 6.07) is 3.80. The molecule has 0 bridgehead atoms. The minimum absolute atomic E-state index is 0.410. The Morgan fingerprint density at radius 2 is 2.25 bits per heavy atom. The van der Waals surface area contributed by atoms with Crippen molar-refractivity contribution in [2.45, 2.75) is 6.04 Å². The third kappa shape index (κ3) is 3.59. The molecule has 1 fully saturated rings. The Kier molecular flexibility index (Phi) is 5.17. The van der Waals surface area contributed by atoms with E-state index in [2.05, 4.69) is 21.2 Å². The van der Waals surface area contributed by atoms with E-state index in [-0.39, 0.29) is 0 Å². The zero-order valence-electron chi connectivity index (χ0n) is 10.3. The van der Waals surface area contributed by atoms with Gasteiger partial charge in [-0.05, 0) is 34.1 Å². The minimum Gasteiger partial charge on any atom is -0.480 e. The summed E-state index contributed by atoms with van der Waals surface area (Å²) in [5.41, 5.74) is 0.564. The monoisotopic (exact) mass is 378 g/mol. The van der Waals surface area contributed by atoms with Crippen LogP contribution in [0.25, 0.3) is 0 Å². The number of aliphatic carboxylic acids is 1. The van der Waals surface area contributed by atoms with Gasteiger partial charge in [0.05, 0.1) is 5.02 Å². The predicted molar refractivity (Wildman–Crippen MR) is 83.6 cm³/mol. The highest BCUT2D eigenvalue weighted by Crippen LogP contribution is 2.26. The van der Waals surface area contributed by atoms with Gasteiger partial charge in [-0.3, -0.25) is 0 Å². The molecule has 1 saturated heterocycles. The molecule has 1 heterocycles. The molecule has 8 heteroatoms. The number of carbonyl (C=O) groups excluding carboxylic acids is 1. The van der Waals surface area contributed by atoms with E-state index in [4.69, 9.17) is 16.7 Å². The molecule has 1 aromatic carbocycles. The standard InChI is InChI=1S/C12H12BrClN2O3S/c13-8-5-7(1-2-9(8)14)15-12(19)16-3-4-20-6-10(16)11(17)18/h1-2,5,10H,3-4,6H2,(H,15,19)(H,17,18). The van der Waals surface area contributed by atoms with Crippen molar-refractivity contribution in [2.24, 2.45) is 0 Å². The highest BCUT2D eigenvalue weighted by atomic mass is 79.9. The maximum atomic E-state index is 12.2. The molecule has 5 nitrogen and oxygen atoms in total. The lowest BCUT2D eigenvalue weighted by molar-refractivity contribution is -0.141. The number of amides is 2. The molecule has 20 heavy (non-hydrogen) atoms. The Bertz CT molecular complexity index is 543. The lowest BCUT2D eigenvalue weighted by Gasteiger charge is -2.32. The molecule has 108 valence electrons. The van der Waals surface area contributed by atoms with Gasteiger partial charge in [-0.2, -0.15) is 11.8 Å². The van der Waals surface area contributed by atoms with E-state index < -0.39 is 18.0 Å². The SMILES string of the molecule is O=C(O)C1CSCCN1C(=O)Nc1ccc(Cl)c(Br)c1. The van der Waals surface area contributed by atoms with Gasteiger partial charge in [-0.15, -0.1) is 0 Å². The normalized spacial score (nSPS) is 18.7. The Hall–Kier alpha value is -0.920. The lowest BCUT2D eigenvalue weighted by atomic mass is 10.3. The van der Waals surface area contributed by atoms with Crippen LogP contribution in [0.4, 0.5) is 10.5 Å². The average Bonchev–Trinajstić information content (AvgIpc) is 2.43. The fourth-order valence-electron chi connectivity index (χ4n) is 1.82. The van der Waals surface area contributed by atoms with Crippen LogP contribution in [-0.4, -0.2) is 46.1 Å². The maximum Gasteiger partial charge on any atom is 0.327 e. The van der Waals surface area contributed by atoms with Gasteiger partial charge in [0, 0.05) is 28.2 Å². The van der Waals surface area contributed by atoms with Crippen LogP contribution in [0.3, 0.4) is 0 Å². The summed E-state index contributed by atoms with van der Waals surface area (Å²) in [7, 11) is 0. The molecular formula is C12H12BrClN2O3S. The van der Waals surface area contributed by atoms with Gasteiger partial charge >= 0.3 is 12.0 Å². The number of hydrogen-bond acceptors (Lipinski definition) is 3. The summed E-state index contributed by atoms with van der Waals surface area (Å²) in [6.45, 7) is 0.419. The molecule has 1 unspecified atom stereocenters. The molecule has 2 amide bonds. The number of carboxylic acids is 1. The predicted octanol–water partition coefficient (Wildman–Crippen LogP) is 3.14. The number of thioether (sulfide) groups is 1. The minimum atomic E-state index is -0.982. The molecule has 2 rings (SSSR count). The number of carbonyl (C=O) groups is 2. The first-order chi connectivity index (χ1) is 9.49. The molecular weight excluding hydrogens is 368 g/mol. The van der Waals surface area contributed by atoms with Crippen LogP contribution in [0.5, 0.6) is 0 Å². The van der Waals surface area contributed by atoms with Crippen LogP contribution in [0.1, 0.15) is 0 Å². The molecule has 1 aromatic rings. The molecule has 0 saturated carbocycles. The number of halogens is 2. The first kappa shape index (κ1) is 15.5. The van der Waals surface area contributed by atoms with Crippen molar-refractivity contribution in [3.05, 3.63) is 27.7 Å². The number of nitrogens with one attached hydrogen (secondary N) is 1. The highest BCUT2D eigenvalue weighted by Gasteiger charge is 2.32. The number of anilines is 1. The summed E-state index contributed by atoms with van der Waals surface area (Å²) in [5.74, 6) is 0.166. The maximum absolute atomic E-state index is 12.2. The van der Waals surface area contributed by atoms with Crippen LogP contribution >= 0.6 is 39.3 Å². The first-order valence-corrected chi connectivity index (χ1v) is 8.15. The topological polar surface area (TPSA) is 69.6 Å². The van der Waals surface area contributed by atoms with Crippen molar-refractivity contribution in [3.63, 3.8) is 0 Å². The van der Waals surface area contributed by atoms with Gasteiger partial charge in [0.15, 0.2) is 0 Å². The fourth-order valence-corrected chi connectivity index (χ4v) is 3.36. The Morgan fingerprint density at radius 1 is 1.50 bits per heavy atom. The van der Waals surface area contributed by atoms with Crippen molar-refractivity contribution in [3.8, 4) is 0 Å². The van der Waals surface area contributed by atoms with E-state index in [0.717, 1.165) is 5.75 Å². The molecule has 1 aliphatic heterocycles. The average molecular weight is 380 g/mol. The zero-order chi connectivity index (χ0) is 14.7. The Morgan fingerprint density at radius 3 is 2.90 bits per heavy atom. The Balaban J connectivity index is 2.09.